The van der Waals surface area contributed by atoms with Crippen LogP contribution < -0.4 is 10.2 Å². The standard InChI is InChI=1S/C29H38N8O5/c1-18(2)21-15-32-37-25(12-23(33-26(21)37)30-13-19-9-11-34(27(39)40)17-22(19)38)36(28(41)42-29(3,4)5)16-20-14-31-24-8-6-7-10-35(20)24/h6-8,10,12,14-15,18-19,22,38H,9,11,13,16-17H2,1-5H3,(H,30,33)(H,39,40)/t19-,22+/m1/s1. The number of aromatic nitrogens is 5. The Labute approximate surface area is 243 Å². The molecule has 1 fully saturated rings. The van der Waals surface area contributed by atoms with E-state index in [9.17, 15) is 19.8 Å². The number of piperidine rings is 1. The largest absolute Gasteiger partial charge is 0.465 e. The second-order valence-corrected chi connectivity index (χ2v) is 12.0. The Morgan fingerprint density at radius 1 is 1.24 bits per heavy atom. The molecule has 0 radical (unpaired) electrons. The van der Waals surface area contributed by atoms with Crippen molar-refractivity contribution in [1.29, 1.82) is 0 Å². The quantitative estimate of drug-likeness (QED) is 0.293. The van der Waals surface area contributed by atoms with Gasteiger partial charge in [0.25, 0.3) is 0 Å². The van der Waals surface area contributed by atoms with Crippen molar-refractivity contribution >= 4 is 35.1 Å². The number of imidazole rings is 1. The molecule has 4 aromatic rings. The minimum atomic E-state index is -1.03. The fraction of sp³-hybridized carbons (Fsp3) is 0.483. The van der Waals surface area contributed by atoms with Gasteiger partial charge in [-0.3, -0.25) is 4.90 Å². The molecule has 13 nitrogen and oxygen atoms in total. The first kappa shape index (κ1) is 29.1. The second kappa shape index (κ2) is 11.5. The molecule has 1 aliphatic heterocycles. The van der Waals surface area contributed by atoms with Gasteiger partial charge in [-0.15, -0.1) is 0 Å². The maximum Gasteiger partial charge on any atom is 0.416 e. The molecule has 0 spiro atoms. The summed E-state index contributed by atoms with van der Waals surface area (Å²) >= 11 is 0. The number of carbonyl (C=O) groups excluding carboxylic acids is 1. The summed E-state index contributed by atoms with van der Waals surface area (Å²) in [6, 6.07) is 7.45. The third-order valence-electron chi connectivity index (χ3n) is 7.34. The number of amides is 2. The molecule has 2 atom stereocenters. The first-order valence-corrected chi connectivity index (χ1v) is 14.1. The van der Waals surface area contributed by atoms with Crippen LogP contribution in [0.15, 0.2) is 42.9 Å². The summed E-state index contributed by atoms with van der Waals surface area (Å²) in [6.07, 6.45) is 3.51. The maximum atomic E-state index is 13.8. The average molecular weight is 579 g/mol. The van der Waals surface area contributed by atoms with Crippen molar-refractivity contribution in [3.8, 4) is 0 Å². The summed E-state index contributed by atoms with van der Waals surface area (Å²) in [4.78, 5) is 37.2. The molecule has 0 unspecified atom stereocenters. The van der Waals surface area contributed by atoms with Crippen LogP contribution in [0, 0.1) is 5.92 Å². The van der Waals surface area contributed by atoms with E-state index in [0.717, 1.165) is 16.9 Å². The van der Waals surface area contributed by atoms with Gasteiger partial charge in [0.1, 0.15) is 22.9 Å². The van der Waals surface area contributed by atoms with E-state index in [-0.39, 0.29) is 24.9 Å². The van der Waals surface area contributed by atoms with Crippen molar-refractivity contribution in [2.75, 3.05) is 29.9 Å². The van der Waals surface area contributed by atoms with Crippen LogP contribution in [0.4, 0.5) is 21.2 Å². The highest BCUT2D eigenvalue weighted by molar-refractivity contribution is 5.88. The predicted molar refractivity (Wildman–Crippen MR) is 157 cm³/mol. The number of pyridine rings is 1. The molecular formula is C29H38N8O5. The Balaban J connectivity index is 1.53. The number of fused-ring (bicyclic) bond motifs is 2. The van der Waals surface area contributed by atoms with E-state index in [1.165, 1.54) is 9.80 Å². The number of aliphatic hydroxyl groups excluding tert-OH is 1. The van der Waals surface area contributed by atoms with Crippen molar-refractivity contribution in [3.63, 3.8) is 0 Å². The van der Waals surface area contributed by atoms with Crippen LogP contribution in [0.5, 0.6) is 0 Å². The van der Waals surface area contributed by atoms with Crippen molar-refractivity contribution in [1.82, 2.24) is 28.9 Å². The fourth-order valence-electron chi connectivity index (χ4n) is 5.10. The number of aliphatic hydroxyl groups is 1. The van der Waals surface area contributed by atoms with E-state index in [1.807, 2.05) is 49.6 Å². The minimum Gasteiger partial charge on any atom is -0.465 e. The summed E-state index contributed by atoms with van der Waals surface area (Å²) in [6.45, 7) is 10.5. The van der Waals surface area contributed by atoms with Crippen LogP contribution in [-0.2, 0) is 11.3 Å². The third kappa shape index (κ3) is 6.10. The van der Waals surface area contributed by atoms with Crippen LogP contribution in [0.2, 0.25) is 0 Å². The predicted octanol–water partition coefficient (Wildman–Crippen LogP) is 4.21. The Hall–Kier alpha value is -4.39. The number of hydrogen-bond acceptors (Lipinski definition) is 8. The van der Waals surface area contributed by atoms with E-state index in [2.05, 4.69) is 29.2 Å². The number of anilines is 2. The van der Waals surface area contributed by atoms with Crippen molar-refractivity contribution in [3.05, 3.63) is 54.1 Å². The zero-order valence-electron chi connectivity index (χ0n) is 24.6. The highest BCUT2D eigenvalue weighted by Crippen LogP contribution is 2.29. The topological polar surface area (TPSA) is 150 Å². The molecule has 1 saturated heterocycles. The summed E-state index contributed by atoms with van der Waals surface area (Å²) in [7, 11) is 0. The number of likely N-dealkylation sites (tertiary alicyclic amines) is 1. The number of rotatable bonds is 7. The van der Waals surface area contributed by atoms with Gasteiger partial charge in [0.15, 0.2) is 5.65 Å². The van der Waals surface area contributed by atoms with Gasteiger partial charge in [0, 0.05) is 36.8 Å². The number of nitrogens with one attached hydrogen (secondary N) is 1. The molecule has 5 rings (SSSR count). The van der Waals surface area contributed by atoms with Gasteiger partial charge in [-0.2, -0.15) is 9.61 Å². The number of ether oxygens (including phenoxy) is 1. The summed E-state index contributed by atoms with van der Waals surface area (Å²) < 4.78 is 9.41. The lowest BCUT2D eigenvalue weighted by Gasteiger charge is -2.34. The Kier molecular flexibility index (Phi) is 7.95. The normalized spacial score (nSPS) is 17.6. The van der Waals surface area contributed by atoms with Gasteiger partial charge < -0.3 is 29.6 Å². The third-order valence-corrected chi connectivity index (χ3v) is 7.34. The highest BCUT2D eigenvalue weighted by Gasteiger charge is 2.31. The molecular weight excluding hydrogens is 540 g/mol. The molecule has 5 heterocycles. The molecule has 1 aliphatic rings. The summed E-state index contributed by atoms with van der Waals surface area (Å²) in [5.74, 6) is 0.904. The van der Waals surface area contributed by atoms with E-state index in [0.29, 0.717) is 36.8 Å². The van der Waals surface area contributed by atoms with E-state index in [1.54, 1.807) is 23.0 Å². The Morgan fingerprint density at radius 2 is 2.02 bits per heavy atom. The maximum absolute atomic E-state index is 13.8. The molecule has 4 aromatic heterocycles. The monoisotopic (exact) mass is 578 g/mol. The number of carbonyl (C=O) groups is 2. The Morgan fingerprint density at radius 3 is 2.71 bits per heavy atom. The van der Waals surface area contributed by atoms with Gasteiger partial charge in [0.05, 0.1) is 37.3 Å². The number of carboxylic acid groups (broad SMARTS) is 1. The lowest BCUT2D eigenvalue weighted by Crippen LogP contribution is -2.47. The SMILES string of the molecule is CC(C)c1cnn2c(N(Cc3cnc4ccccn34)C(=O)OC(C)(C)C)cc(NC[C@H]3CCN(C(=O)O)C[C@@H]3O)nc12. The van der Waals surface area contributed by atoms with Crippen LogP contribution in [-0.4, -0.2) is 82.6 Å². The van der Waals surface area contributed by atoms with Gasteiger partial charge in [-0.1, -0.05) is 19.9 Å². The van der Waals surface area contributed by atoms with Crippen LogP contribution in [0.25, 0.3) is 11.3 Å². The molecule has 42 heavy (non-hydrogen) atoms. The van der Waals surface area contributed by atoms with Crippen molar-refractivity contribution < 1.29 is 24.5 Å². The fourth-order valence-corrected chi connectivity index (χ4v) is 5.10. The lowest BCUT2D eigenvalue weighted by atomic mass is 9.94. The molecule has 224 valence electrons. The van der Waals surface area contributed by atoms with E-state index >= 15 is 0 Å². The van der Waals surface area contributed by atoms with Crippen molar-refractivity contribution in [2.24, 2.45) is 5.92 Å². The van der Waals surface area contributed by atoms with Gasteiger partial charge in [-0.25, -0.2) is 19.6 Å². The minimum absolute atomic E-state index is 0.0608. The zero-order valence-corrected chi connectivity index (χ0v) is 24.6. The van der Waals surface area contributed by atoms with Crippen LogP contribution in [0.1, 0.15) is 58.2 Å². The van der Waals surface area contributed by atoms with Crippen LogP contribution in [0.3, 0.4) is 0 Å². The van der Waals surface area contributed by atoms with Crippen molar-refractivity contribution in [2.45, 2.75) is 65.2 Å². The highest BCUT2D eigenvalue weighted by atomic mass is 16.6. The molecule has 0 aliphatic carbocycles. The molecule has 0 bridgehead atoms. The first-order valence-electron chi connectivity index (χ1n) is 14.1. The molecule has 0 saturated carbocycles. The number of nitrogens with zero attached hydrogens (tertiary/aromatic N) is 7. The van der Waals surface area contributed by atoms with E-state index in [4.69, 9.17) is 9.72 Å². The average Bonchev–Trinajstić information content (AvgIpc) is 3.54. The van der Waals surface area contributed by atoms with Gasteiger partial charge in [0.2, 0.25) is 0 Å². The number of hydrogen-bond donors (Lipinski definition) is 3. The zero-order chi connectivity index (χ0) is 30.2. The van der Waals surface area contributed by atoms with E-state index < -0.39 is 23.9 Å². The smallest absolute Gasteiger partial charge is 0.416 e. The first-order chi connectivity index (χ1) is 19.9. The molecule has 13 heteroatoms. The van der Waals surface area contributed by atoms with Crippen LogP contribution >= 0.6 is 0 Å². The Bertz CT molecular complexity index is 1590. The van der Waals surface area contributed by atoms with Gasteiger partial charge >= 0.3 is 12.2 Å². The number of β-amino-alcohol motifs (C(OH)–C–C–N with tert-alkyl or cyclic N) is 1. The molecule has 2 amide bonds. The molecule has 3 N–H and O–H groups in total. The summed E-state index contributed by atoms with van der Waals surface area (Å²) in [5.41, 5.74) is 2.30. The van der Waals surface area contributed by atoms with Gasteiger partial charge in [-0.05, 0) is 45.2 Å². The lowest BCUT2D eigenvalue weighted by molar-refractivity contribution is 0.0294. The molecule has 0 aromatic carbocycles. The second-order valence-electron chi connectivity index (χ2n) is 12.0. The summed E-state index contributed by atoms with van der Waals surface area (Å²) in [5, 5.41) is 27.8.